The largest absolute Gasteiger partial charge is 0.471 e. The number of hydrogen-bond donors (Lipinski definition) is 4. The zero-order valence-corrected chi connectivity index (χ0v) is 32.3. The summed E-state index contributed by atoms with van der Waals surface area (Å²) in [5, 5.41) is 7.81. The minimum Gasteiger partial charge on any atom is -0.344 e. The van der Waals surface area contributed by atoms with E-state index in [9.17, 15) is 40.8 Å². The van der Waals surface area contributed by atoms with Crippen molar-refractivity contribution in [2.75, 3.05) is 14.1 Å². The van der Waals surface area contributed by atoms with Crippen LogP contribution < -0.4 is 20.7 Å². The molecule has 0 saturated carbocycles. The number of benzene rings is 2. The van der Waals surface area contributed by atoms with Crippen LogP contribution in [0.3, 0.4) is 0 Å². The first-order valence-electron chi connectivity index (χ1n) is 16.8. The van der Waals surface area contributed by atoms with Crippen molar-refractivity contribution in [3.63, 3.8) is 0 Å². The second-order valence-corrected chi connectivity index (χ2v) is 16.6. The maximum Gasteiger partial charge on any atom is 0.471 e. The number of carbonyl (C=O) groups is 4. The number of hydrogen-bond acceptors (Lipinski definition) is 7. The Morgan fingerprint density at radius 2 is 1.40 bits per heavy atom. The molecule has 0 aromatic heterocycles. The lowest BCUT2D eigenvalue weighted by Crippen LogP contribution is -2.61. The van der Waals surface area contributed by atoms with E-state index in [-0.39, 0.29) is 23.0 Å². The third-order valence-electron chi connectivity index (χ3n) is 8.79. The van der Waals surface area contributed by atoms with E-state index in [4.69, 9.17) is 0 Å². The van der Waals surface area contributed by atoms with Gasteiger partial charge in [0.25, 0.3) is 5.91 Å². The second-order valence-electron chi connectivity index (χ2n) is 14.8. The van der Waals surface area contributed by atoms with Crippen LogP contribution in [0.4, 0.5) is 13.2 Å². The number of rotatable bonds is 15. The Labute approximate surface area is 305 Å². The molecule has 0 spiro atoms. The lowest BCUT2D eigenvalue weighted by molar-refractivity contribution is -0.173. The van der Waals surface area contributed by atoms with Crippen molar-refractivity contribution in [2.45, 2.75) is 97.4 Å². The molecule has 4 amide bonds. The lowest BCUT2D eigenvalue weighted by atomic mass is 9.76. The quantitative estimate of drug-likeness (QED) is 0.198. The number of likely N-dealkylation sites (N-methyl/N-ethyl adjacent to an activating group) is 2. The van der Waals surface area contributed by atoms with Gasteiger partial charge in [0.2, 0.25) is 21.8 Å². The number of sulfonamides is 1. The van der Waals surface area contributed by atoms with Gasteiger partial charge in [0, 0.05) is 24.6 Å². The lowest BCUT2D eigenvalue weighted by Gasteiger charge is -2.40. The predicted octanol–water partition coefficient (Wildman–Crippen LogP) is 4.34. The molecule has 288 valence electrons. The topological polar surface area (TPSA) is 154 Å². The van der Waals surface area contributed by atoms with Crippen LogP contribution in [-0.4, -0.2) is 75.3 Å². The van der Waals surface area contributed by atoms with E-state index in [1.54, 1.807) is 19.4 Å². The molecule has 2 aromatic carbocycles. The third-order valence-corrected chi connectivity index (χ3v) is 9.99. The zero-order chi connectivity index (χ0) is 39.8. The van der Waals surface area contributed by atoms with Crippen LogP contribution in [0.15, 0.2) is 66.2 Å². The molecule has 15 heteroatoms. The van der Waals surface area contributed by atoms with Gasteiger partial charge in [-0.3, -0.25) is 19.2 Å². The average Bonchev–Trinajstić information content (AvgIpc) is 3.03. The van der Waals surface area contributed by atoms with Crippen LogP contribution in [0, 0.1) is 11.3 Å². The molecule has 4 N–H and O–H groups in total. The van der Waals surface area contributed by atoms with Gasteiger partial charge >= 0.3 is 12.1 Å². The molecule has 0 heterocycles. The average molecular weight is 752 g/mol. The Kier molecular flexibility index (Phi) is 14.8. The molecule has 0 radical (unpaired) electrons. The summed E-state index contributed by atoms with van der Waals surface area (Å²) in [6, 6.07) is 12.7. The number of carbonyl (C=O) groups excluding carboxylic acids is 4. The van der Waals surface area contributed by atoms with E-state index in [0.29, 0.717) is 5.56 Å². The summed E-state index contributed by atoms with van der Waals surface area (Å²) in [5.41, 5.74) is 0.194. The molecular formula is C37H52F3N5O6S. The summed E-state index contributed by atoms with van der Waals surface area (Å²) in [6.45, 7) is 14.1. The zero-order valence-electron chi connectivity index (χ0n) is 31.4. The number of nitrogens with zero attached hydrogens (tertiary/aromatic N) is 1. The van der Waals surface area contributed by atoms with Crippen LogP contribution in [-0.2, 0) is 46.9 Å². The van der Waals surface area contributed by atoms with E-state index in [2.05, 4.69) is 10.6 Å². The van der Waals surface area contributed by atoms with E-state index in [1.807, 2.05) is 83.5 Å². The van der Waals surface area contributed by atoms with Gasteiger partial charge in [-0.2, -0.15) is 13.2 Å². The van der Waals surface area contributed by atoms with Crippen molar-refractivity contribution >= 4 is 33.7 Å². The van der Waals surface area contributed by atoms with Gasteiger partial charge in [0.05, 0.1) is 17.8 Å². The Bertz CT molecular complexity index is 1700. The molecule has 0 aliphatic rings. The van der Waals surface area contributed by atoms with Crippen molar-refractivity contribution in [3.8, 4) is 0 Å². The fourth-order valence-corrected chi connectivity index (χ4v) is 6.82. The highest BCUT2D eigenvalue weighted by Gasteiger charge is 2.42. The van der Waals surface area contributed by atoms with Gasteiger partial charge in [0.15, 0.2) is 0 Å². The Morgan fingerprint density at radius 3 is 1.88 bits per heavy atom. The van der Waals surface area contributed by atoms with E-state index in [1.165, 1.54) is 42.2 Å². The van der Waals surface area contributed by atoms with Crippen LogP contribution in [0.5, 0.6) is 0 Å². The van der Waals surface area contributed by atoms with Crippen molar-refractivity contribution in [3.05, 3.63) is 82.9 Å². The fraction of sp³-hybridized carbons (Fsp3) is 0.514. The van der Waals surface area contributed by atoms with Crippen molar-refractivity contribution < 1.29 is 40.8 Å². The number of amides is 4. The van der Waals surface area contributed by atoms with Gasteiger partial charge in [-0.05, 0) is 42.0 Å². The summed E-state index contributed by atoms with van der Waals surface area (Å²) in [4.78, 5) is 53.5. The monoisotopic (exact) mass is 751 g/mol. The van der Waals surface area contributed by atoms with Gasteiger partial charge < -0.3 is 20.9 Å². The van der Waals surface area contributed by atoms with E-state index >= 15 is 0 Å². The number of nitrogens with one attached hydrogen (secondary N) is 4. The van der Waals surface area contributed by atoms with Gasteiger partial charge in [0.1, 0.15) is 6.04 Å². The summed E-state index contributed by atoms with van der Waals surface area (Å²) in [7, 11) is -0.957. The van der Waals surface area contributed by atoms with Crippen LogP contribution >= 0.6 is 0 Å². The predicted molar refractivity (Wildman–Crippen MR) is 194 cm³/mol. The van der Waals surface area contributed by atoms with Crippen LogP contribution in [0.2, 0.25) is 0 Å². The van der Waals surface area contributed by atoms with Crippen molar-refractivity contribution in [1.82, 2.24) is 25.6 Å². The minimum absolute atomic E-state index is 0.0360. The second kappa shape index (κ2) is 17.5. The first-order valence-corrected chi connectivity index (χ1v) is 18.4. The molecule has 0 aliphatic carbocycles. The standard InChI is InChI=1S/C37H52F3N5O6S/c1-23(2)28(20-24(3)31(46)44-52(50,51)22-26-18-16-25(17-19-26)21-42-34(49)37(38,39)40)45(10)33(48)30(35(4,5)6)43-32(47)29(41-9)36(7,8)27-14-12-11-13-15-27/h11-20,23,28-30,41H,21-22H2,1-10H3,(H,42,49)(H,43,47)(H,44,46)/b24-20+/t28-,29-,30-/m1/s1. The van der Waals surface area contributed by atoms with Crippen LogP contribution in [0.1, 0.15) is 72.1 Å². The summed E-state index contributed by atoms with van der Waals surface area (Å²) in [6.07, 6.45) is -3.52. The van der Waals surface area contributed by atoms with Gasteiger partial charge in [-0.1, -0.05) is 109 Å². The van der Waals surface area contributed by atoms with Crippen molar-refractivity contribution in [1.29, 1.82) is 0 Å². The van der Waals surface area contributed by atoms with Gasteiger partial charge in [-0.15, -0.1) is 0 Å². The molecule has 11 nitrogen and oxygen atoms in total. The molecule has 2 rings (SSSR count). The molecule has 52 heavy (non-hydrogen) atoms. The molecular weight excluding hydrogens is 699 g/mol. The molecule has 0 saturated heterocycles. The maximum absolute atomic E-state index is 14.1. The minimum atomic E-state index is -5.03. The molecule has 2 aromatic rings. The fourth-order valence-electron chi connectivity index (χ4n) is 5.68. The SMILES string of the molecule is CN[C@H](C(=O)N[C@H](C(=O)N(C)[C@H](/C=C(\C)C(=O)NS(=O)(=O)Cc1ccc(CNC(=O)C(F)(F)F)cc1)C(C)C)C(C)(C)C)C(C)(C)c1ccccc1. The number of alkyl halides is 3. The Hall–Kier alpha value is -4.24. The third kappa shape index (κ3) is 12.2. The first kappa shape index (κ1) is 43.9. The highest BCUT2D eigenvalue weighted by molar-refractivity contribution is 7.89. The van der Waals surface area contributed by atoms with Crippen LogP contribution in [0.25, 0.3) is 0 Å². The highest BCUT2D eigenvalue weighted by Crippen LogP contribution is 2.29. The summed E-state index contributed by atoms with van der Waals surface area (Å²) >= 11 is 0. The summed E-state index contributed by atoms with van der Waals surface area (Å²) < 4.78 is 65.1. The Balaban J connectivity index is 2.21. The highest BCUT2D eigenvalue weighted by atomic mass is 32.2. The molecule has 0 unspecified atom stereocenters. The molecule has 3 atom stereocenters. The van der Waals surface area contributed by atoms with E-state index < -0.39 is 75.2 Å². The van der Waals surface area contributed by atoms with E-state index in [0.717, 1.165) is 5.56 Å². The maximum atomic E-state index is 14.1. The number of halogens is 3. The smallest absolute Gasteiger partial charge is 0.344 e. The van der Waals surface area contributed by atoms with Gasteiger partial charge in [-0.25, -0.2) is 13.1 Å². The molecule has 0 fully saturated rings. The first-order chi connectivity index (χ1) is 23.8. The van der Waals surface area contributed by atoms with Crippen molar-refractivity contribution in [2.24, 2.45) is 11.3 Å². The molecule has 0 bridgehead atoms. The molecule has 0 aliphatic heterocycles. The Morgan fingerprint density at radius 1 is 0.865 bits per heavy atom. The normalized spacial score (nSPS) is 14.6. The summed E-state index contributed by atoms with van der Waals surface area (Å²) in [5.74, 6) is -4.58.